The van der Waals surface area contributed by atoms with Gasteiger partial charge < -0.3 is 4.74 Å². The van der Waals surface area contributed by atoms with Crippen LogP contribution in [0.4, 0.5) is 0 Å². The normalized spacial score (nSPS) is 11.2. The van der Waals surface area contributed by atoms with Crippen LogP contribution in [0.25, 0.3) is 5.65 Å². The average Bonchev–Trinajstić information content (AvgIpc) is 2.58. The summed E-state index contributed by atoms with van der Waals surface area (Å²) < 4.78 is 7.13. The number of ether oxygens (including phenoxy) is 1. The largest absolute Gasteiger partial charge is 0.481 e. The van der Waals surface area contributed by atoms with E-state index >= 15 is 0 Å². The van der Waals surface area contributed by atoms with Crippen LogP contribution in [0.3, 0.4) is 0 Å². The Bertz CT molecular complexity index is 462. The first-order chi connectivity index (χ1) is 7.20. The van der Waals surface area contributed by atoms with Crippen molar-refractivity contribution in [1.29, 1.82) is 0 Å². The van der Waals surface area contributed by atoms with E-state index in [4.69, 9.17) is 4.74 Å². The molecule has 0 unspecified atom stereocenters. The van der Waals surface area contributed by atoms with E-state index in [1.807, 2.05) is 10.6 Å². The van der Waals surface area contributed by atoms with Gasteiger partial charge in [0.2, 0.25) is 5.88 Å². The van der Waals surface area contributed by atoms with Gasteiger partial charge in [-0.3, -0.25) is 9.38 Å². The quantitative estimate of drug-likeness (QED) is 0.768. The van der Waals surface area contributed by atoms with Gasteiger partial charge in [0.15, 0.2) is 5.65 Å². The van der Waals surface area contributed by atoms with E-state index in [-0.39, 0.29) is 0 Å². The molecule has 0 saturated heterocycles. The molecule has 0 amide bonds. The molecule has 2 aromatic rings. The van der Waals surface area contributed by atoms with Crippen molar-refractivity contribution in [1.82, 2.24) is 14.4 Å². The van der Waals surface area contributed by atoms with Crippen LogP contribution in [0, 0.1) is 5.92 Å². The van der Waals surface area contributed by atoms with Crippen molar-refractivity contribution in [2.45, 2.75) is 20.3 Å². The molecule has 4 nitrogen and oxygen atoms in total. The summed E-state index contributed by atoms with van der Waals surface area (Å²) in [6, 6.07) is 0. The summed E-state index contributed by atoms with van der Waals surface area (Å²) in [6.45, 7) is 4.36. The molecule has 0 atom stereocenters. The van der Waals surface area contributed by atoms with Gasteiger partial charge in [0.05, 0.1) is 25.2 Å². The maximum atomic E-state index is 5.21. The first-order valence-electron chi connectivity index (χ1n) is 5.06. The van der Waals surface area contributed by atoms with Gasteiger partial charge in [0, 0.05) is 6.20 Å². The Kier molecular flexibility index (Phi) is 2.58. The highest BCUT2D eigenvalue weighted by Crippen LogP contribution is 2.15. The predicted octanol–water partition coefficient (Wildman–Crippen LogP) is 1.94. The fourth-order valence-corrected chi connectivity index (χ4v) is 1.61. The number of aromatic nitrogens is 3. The summed E-state index contributed by atoms with van der Waals surface area (Å²) >= 11 is 0. The molecule has 0 fully saturated rings. The molecule has 2 rings (SSSR count). The highest BCUT2D eigenvalue weighted by atomic mass is 16.5. The molecular formula is C11H15N3O. The number of fused-ring (bicyclic) bond motifs is 1. The zero-order chi connectivity index (χ0) is 10.8. The summed E-state index contributed by atoms with van der Waals surface area (Å²) in [5.74, 6) is 1.32. The summed E-state index contributed by atoms with van der Waals surface area (Å²) in [4.78, 5) is 8.55. The van der Waals surface area contributed by atoms with Crippen LogP contribution in [0.5, 0.6) is 5.88 Å². The van der Waals surface area contributed by atoms with E-state index in [1.165, 1.54) is 0 Å². The van der Waals surface area contributed by atoms with Crippen molar-refractivity contribution in [3.8, 4) is 5.88 Å². The second-order valence-electron chi connectivity index (χ2n) is 4.01. The fourth-order valence-electron chi connectivity index (χ4n) is 1.61. The Hall–Kier alpha value is -1.58. The van der Waals surface area contributed by atoms with Crippen LogP contribution in [0.15, 0.2) is 18.6 Å². The minimum Gasteiger partial charge on any atom is -0.481 e. The molecule has 0 radical (unpaired) electrons. The standard InChI is InChI=1S/C11H15N3O/c1-8(2)4-9-7-14-10(13-9)5-12-6-11(14)15-3/h5-8H,4H2,1-3H3. The van der Waals surface area contributed by atoms with Gasteiger partial charge in [0.25, 0.3) is 0 Å². The first kappa shape index (κ1) is 9.96. The number of hydrogen-bond donors (Lipinski definition) is 0. The molecule has 0 aromatic carbocycles. The van der Waals surface area contributed by atoms with E-state index in [1.54, 1.807) is 19.5 Å². The van der Waals surface area contributed by atoms with E-state index < -0.39 is 0 Å². The summed E-state index contributed by atoms with van der Waals surface area (Å²) in [6.07, 6.45) is 6.42. The van der Waals surface area contributed by atoms with Gasteiger partial charge in [-0.25, -0.2) is 4.98 Å². The van der Waals surface area contributed by atoms with Crippen molar-refractivity contribution >= 4 is 5.65 Å². The molecule has 0 aliphatic rings. The van der Waals surface area contributed by atoms with Crippen LogP contribution < -0.4 is 4.74 Å². The lowest BCUT2D eigenvalue weighted by Gasteiger charge is -2.00. The van der Waals surface area contributed by atoms with E-state index in [0.29, 0.717) is 5.92 Å². The third kappa shape index (κ3) is 1.93. The van der Waals surface area contributed by atoms with Gasteiger partial charge in [-0.15, -0.1) is 0 Å². The van der Waals surface area contributed by atoms with Crippen molar-refractivity contribution < 1.29 is 4.74 Å². The first-order valence-corrected chi connectivity index (χ1v) is 5.06. The zero-order valence-corrected chi connectivity index (χ0v) is 9.27. The maximum absolute atomic E-state index is 5.21. The molecule has 0 aliphatic heterocycles. The minimum atomic E-state index is 0.605. The number of nitrogens with zero attached hydrogens (tertiary/aromatic N) is 3. The number of methoxy groups -OCH3 is 1. The molecule has 2 heterocycles. The summed E-state index contributed by atoms with van der Waals surface area (Å²) in [7, 11) is 1.64. The van der Waals surface area contributed by atoms with Crippen molar-refractivity contribution in [2.75, 3.05) is 7.11 Å². The van der Waals surface area contributed by atoms with Crippen LogP contribution >= 0.6 is 0 Å². The highest BCUT2D eigenvalue weighted by molar-refractivity contribution is 5.40. The summed E-state index contributed by atoms with van der Waals surface area (Å²) in [5, 5.41) is 0. The second kappa shape index (κ2) is 3.88. The lowest BCUT2D eigenvalue weighted by atomic mass is 10.1. The third-order valence-corrected chi connectivity index (χ3v) is 2.22. The molecule has 4 heteroatoms. The molecule has 2 aromatic heterocycles. The van der Waals surface area contributed by atoms with E-state index in [2.05, 4.69) is 23.8 Å². The molecule has 0 aliphatic carbocycles. The van der Waals surface area contributed by atoms with Gasteiger partial charge in [0.1, 0.15) is 0 Å². The summed E-state index contributed by atoms with van der Waals surface area (Å²) in [5.41, 5.74) is 1.92. The SMILES string of the molecule is COc1cncc2nc(CC(C)C)cn12. The Labute approximate surface area is 88.9 Å². The maximum Gasteiger partial charge on any atom is 0.218 e. The van der Waals surface area contributed by atoms with Gasteiger partial charge in [-0.2, -0.15) is 0 Å². The number of hydrogen-bond acceptors (Lipinski definition) is 3. The Morgan fingerprint density at radius 3 is 2.87 bits per heavy atom. The topological polar surface area (TPSA) is 39.4 Å². The van der Waals surface area contributed by atoms with Gasteiger partial charge in [-0.05, 0) is 12.3 Å². The van der Waals surface area contributed by atoms with Crippen molar-refractivity contribution in [3.63, 3.8) is 0 Å². The Balaban J connectivity index is 2.45. The van der Waals surface area contributed by atoms with E-state index in [0.717, 1.165) is 23.6 Å². The van der Waals surface area contributed by atoms with Crippen LogP contribution in [0.1, 0.15) is 19.5 Å². The smallest absolute Gasteiger partial charge is 0.218 e. The molecule has 0 spiro atoms. The van der Waals surface area contributed by atoms with Gasteiger partial charge >= 0.3 is 0 Å². The zero-order valence-electron chi connectivity index (χ0n) is 9.27. The second-order valence-corrected chi connectivity index (χ2v) is 4.01. The molecular weight excluding hydrogens is 190 g/mol. The number of rotatable bonds is 3. The Morgan fingerprint density at radius 1 is 1.40 bits per heavy atom. The average molecular weight is 205 g/mol. The molecule has 0 bridgehead atoms. The molecule has 80 valence electrons. The lowest BCUT2D eigenvalue weighted by molar-refractivity contribution is 0.390. The van der Waals surface area contributed by atoms with Crippen LogP contribution in [-0.4, -0.2) is 21.5 Å². The monoisotopic (exact) mass is 205 g/mol. The Morgan fingerprint density at radius 2 is 2.20 bits per heavy atom. The van der Waals surface area contributed by atoms with Crippen LogP contribution in [-0.2, 0) is 6.42 Å². The van der Waals surface area contributed by atoms with Crippen LogP contribution in [0.2, 0.25) is 0 Å². The van der Waals surface area contributed by atoms with Crippen molar-refractivity contribution in [2.24, 2.45) is 5.92 Å². The number of imidazole rings is 1. The molecule has 15 heavy (non-hydrogen) atoms. The molecule has 0 N–H and O–H groups in total. The lowest BCUT2D eigenvalue weighted by Crippen LogP contribution is -1.94. The third-order valence-electron chi connectivity index (χ3n) is 2.22. The highest BCUT2D eigenvalue weighted by Gasteiger charge is 2.06. The predicted molar refractivity (Wildman–Crippen MR) is 58.1 cm³/mol. The van der Waals surface area contributed by atoms with Crippen molar-refractivity contribution in [3.05, 3.63) is 24.3 Å². The minimum absolute atomic E-state index is 0.605. The van der Waals surface area contributed by atoms with Gasteiger partial charge in [-0.1, -0.05) is 13.8 Å². The molecule has 0 saturated carbocycles. The van der Waals surface area contributed by atoms with E-state index in [9.17, 15) is 0 Å². The fraction of sp³-hybridized carbons (Fsp3) is 0.455.